The van der Waals surface area contributed by atoms with Crippen LogP contribution in [0.2, 0.25) is 0 Å². The van der Waals surface area contributed by atoms with Crippen molar-refractivity contribution in [2.24, 2.45) is 5.92 Å². The zero-order chi connectivity index (χ0) is 16.2. The van der Waals surface area contributed by atoms with Crippen molar-refractivity contribution < 1.29 is 9.53 Å². The smallest absolute Gasteiger partial charge is 0.265 e. The van der Waals surface area contributed by atoms with Crippen LogP contribution in [0.25, 0.3) is 0 Å². The number of ether oxygens (including phenoxy) is 1. The van der Waals surface area contributed by atoms with E-state index in [9.17, 15) is 4.79 Å². The van der Waals surface area contributed by atoms with Gasteiger partial charge in [0, 0.05) is 19.3 Å². The summed E-state index contributed by atoms with van der Waals surface area (Å²) in [7, 11) is 0. The van der Waals surface area contributed by atoms with Crippen LogP contribution in [0.3, 0.4) is 0 Å². The second kappa shape index (κ2) is 7.08. The Morgan fingerprint density at radius 2 is 2.39 bits per heavy atom. The number of hydrogen-bond acceptors (Lipinski definition) is 5. The maximum absolute atomic E-state index is 12.7. The first-order valence-electron chi connectivity index (χ1n) is 7.92. The SMILES string of the molecule is Cc1nc(COc2cccnc2)sc1C(=O)N1CCCC(C)C1. The average molecular weight is 331 g/mol. The molecule has 0 spiro atoms. The summed E-state index contributed by atoms with van der Waals surface area (Å²) >= 11 is 1.43. The highest BCUT2D eigenvalue weighted by molar-refractivity contribution is 7.13. The van der Waals surface area contributed by atoms with Crippen LogP contribution in [-0.4, -0.2) is 33.9 Å². The lowest BCUT2D eigenvalue weighted by Gasteiger charge is -2.30. The predicted molar refractivity (Wildman–Crippen MR) is 89.7 cm³/mol. The van der Waals surface area contributed by atoms with Crippen LogP contribution in [0.4, 0.5) is 0 Å². The van der Waals surface area contributed by atoms with Crippen molar-refractivity contribution in [3.05, 3.63) is 40.1 Å². The van der Waals surface area contributed by atoms with Crippen molar-refractivity contribution in [1.82, 2.24) is 14.9 Å². The zero-order valence-corrected chi connectivity index (χ0v) is 14.3. The zero-order valence-electron chi connectivity index (χ0n) is 13.5. The van der Waals surface area contributed by atoms with E-state index in [1.807, 2.05) is 24.0 Å². The summed E-state index contributed by atoms with van der Waals surface area (Å²) in [6.45, 7) is 6.15. The monoisotopic (exact) mass is 331 g/mol. The topological polar surface area (TPSA) is 55.3 Å². The standard InChI is InChI=1S/C17H21N3O2S/c1-12-5-4-8-20(10-12)17(21)16-13(2)19-15(23-16)11-22-14-6-3-7-18-9-14/h3,6-7,9,12H,4-5,8,10-11H2,1-2H3. The van der Waals surface area contributed by atoms with Gasteiger partial charge in [-0.1, -0.05) is 6.92 Å². The fraction of sp³-hybridized carbons (Fsp3) is 0.471. The van der Waals surface area contributed by atoms with Gasteiger partial charge in [-0.2, -0.15) is 0 Å². The molecule has 0 aliphatic carbocycles. The fourth-order valence-electron chi connectivity index (χ4n) is 2.81. The van der Waals surface area contributed by atoms with E-state index in [4.69, 9.17) is 4.74 Å². The molecule has 23 heavy (non-hydrogen) atoms. The van der Waals surface area contributed by atoms with Gasteiger partial charge in [-0.3, -0.25) is 9.78 Å². The number of carbonyl (C=O) groups excluding carboxylic acids is 1. The lowest BCUT2D eigenvalue weighted by atomic mass is 10.0. The van der Waals surface area contributed by atoms with Gasteiger partial charge in [-0.05, 0) is 37.8 Å². The number of likely N-dealkylation sites (tertiary alicyclic amines) is 1. The fourth-order valence-corrected chi connectivity index (χ4v) is 3.75. The largest absolute Gasteiger partial charge is 0.485 e. The highest BCUT2D eigenvalue weighted by Crippen LogP contribution is 2.24. The molecular formula is C17H21N3O2S. The molecule has 2 aromatic rings. The highest BCUT2D eigenvalue weighted by atomic mass is 32.1. The van der Waals surface area contributed by atoms with Crippen molar-refractivity contribution in [3.8, 4) is 5.75 Å². The minimum Gasteiger partial charge on any atom is -0.485 e. The van der Waals surface area contributed by atoms with E-state index in [1.165, 1.54) is 17.8 Å². The van der Waals surface area contributed by atoms with Crippen LogP contribution >= 0.6 is 11.3 Å². The molecule has 1 aliphatic rings. The molecule has 0 bridgehead atoms. The highest BCUT2D eigenvalue weighted by Gasteiger charge is 2.25. The quantitative estimate of drug-likeness (QED) is 0.862. The van der Waals surface area contributed by atoms with E-state index in [0.717, 1.165) is 35.1 Å². The molecule has 6 heteroatoms. The Hall–Kier alpha value is -1.95. The van der Waals surface area contributed by atoms with Crippen molar-refractivity contribution in [2.75, 3.05) is 13.1 Å². The first kappa shape index (κ1) is 15.9. The van der Waals surface area contributed by atoms with E-state index in [0.29, 0.717) is 18.3 Å². The molecule has 0 saturated carbocycles. The van der Waals surface area contributed by atoms with E-state index in [2.05, 4.69) is 16.9 Å². The number of pyridine rings is 1. The van der Waals surface area contributed by atoms with Gasteiger partial charge in [0.2, 0.25) is 0 Å². The molecule has 1 fully saturated rings. The summed E-state index contributed by atoms with van der Waals surface area (Å²) in [5.74, 6) is 1.39. The Bertz CT molecular complexity index is 672. The number of rotatable bonds is 4. The molecule has 2 aromatic heterocycles. The van der Waals surface area contributed by atoms with Gasteiger partial charge in [0.15, 0.2) is 0 Å². The van der Waals surface area contributed by atoms with Crippen LogP contribution in [-0.2, 0) is 6.61 Å². The number of aryl methyl sites for hydroxylation is 1. The third-order valence-corrected chi connectivity index (χ3v) is 5.09. The van der Waals surface area contributed by atoms with Gasteiger partial charge in [0.25, 0.3) is 5.91 Å². The summed E-state index contributed by atoms with van der Waals surface area (Å²) in [4.78, 5) is 23.9. The van der Waals surface area contributed by atoms with E-state index >= 15 is 0 Å². The summed E-state index contributed by atoms with van der Waals surface area (Å²) < 4.78 is 5.66. The van der Waals surface area contributed by atoms with Gasteiger partial charge in [0.1, 0.15) is 22.2 Å². The molecule has 5 nitrogen and oxygen atoms in total. The van der Waals surface area contributed by atoms with Crippen molar-refractivity contribution in [2.45, 2.75) is 33.3 Å². The van der Waals surface area contributed by atoms with Gasteiger partial charge < -0.3 is 9.64 Å². The molecule has 1 amide bonds. The van der Waals surface area contributed by atoms with Crippen molar-refractivity contribution in [3.63, 3.8) is 0 Å². The number of hydrogen-bond donors (Lipinski definition) is 0. The van der Waals surface area contributed by atoms with Crippen LogP contribution < -0.4 is 4.74 Å². The minimum absolute atomic E-state index is 0.110. The Morgan fingerprint density at radius 3 is 3.13 bits per heavy atom. The van der Waals surface area contributed by atoms with E-state index in [1.54, 1.807) is 12.4 Å². The van der Waals surface area contributed by atoms with Crippen LogP contribution in [0.1, 0.15) is 40.1 Å². The van der Waals surface area contributed by atoms with Crippen molar-refractivity contribution in [1.29, 1.82) is 0 Å². The van der Waals surface area contributed by atoms with Gasteiger partial charge in [-0.15, -0.1) is 11.3 Å². The number of aromatic nitrogens is 2. The molecule has 1 saturated heterocycles. The molecule has 3 rings (SSSR count). The second-order valence-electron chi connectivity index (χ2n) is 6.00. The van der Waals surface area contributed by atoms with Crippen LogP contribution in [0.5, 0.6) is 5.75 Å². The summed E-state index contributed by atoms with van der Waals surface area (Å²) in [6, 6.07) is 3.68. The molecule has 0 radical (unpaired) electrons. The predicted octanol–water partition coefficient (Wildman–Crippen LogP) is 3.30. The second-order valence-corrected chi connectivity index (χ2v) is 7.08. The Morgan fingerprint density at radius 1 is 1.52 bits per heavy atom. The molecule has 3 heterocycles. The summed E-state index contributed by atoms with van der Waals surface area (Å²) in [5, 5.41) is 0.819. The molecule has 1 unspecified atom stereocenters. The van der Waals surface area contributed by atoms with Gasteiger partial charge in [0.05, 0.1) is 11.9 Å². The van der Waals surface area contributed by atoms with Crippen LogP contribution in [0, 0.1) is 12.8 Å². The van der Waals surface area contributed by atoms with Gasteiger partial charge >= 0.3 is 0 Å². The lowest BCUT2D eigenvalue weighted by Crippen LogP contribution is -2.39. The number of carbonyl (C=O) groups is 1. The van der Waals surface area contributed by atoms with Crippen molar-refractivity contribution >= 4 is 17.2 Å². The number of amides is 1. The maximum atomic E-state index is 12.7. The minimum atomic E-state index is 0.110. The normalized spacial score (nSPS) is 18.0. The third kappa shape index (κ3) is 3.88. The summed E-state index contributed by atoms with van der Waals surface area (Å²) in [5.41, 5.74) is 0.794. The molecule has 1 atom stereocenters. The number of nitrogens with zero attached hydrogens (tertiary/aromatic N) is 3. The molecular weight excluding hydrogens is 310 g/mol. The number of piperidine rings is 1. The molecule has 122 valence electrons. The maximum Gasteiger partial charge on any atom is 0.265 e. The number of thiazole rings is 1. The Labute approximate surface area is 140 Å². The van der Waals surface area contributed by atoms with Gasteiger partial charge in [-0.25, -0.2) is 4.98 Å². The van der Waals surface area contributed by atoms with E-state index < -0.39 is 0 Å². The Balaban J connectivity index is 1.67. The first-order chi connectivity index (χ1) is 11.1. The van der Waals surface area contributed by atoms with Crippen LogP contribution in [0.15, 0.2) is 24.5 Å². The third-order valence-electron chi connectivity index (χ3n) is 3.98. The molecule has 0 N–H and O–H groups in total. The summed E-state index contributed by atoms with van der Waals surface area (Å²) in [6.07, 6.45) is 5.66. The Kier molecular flexibility index (Phi) is 4.91. The van der Waals surface area contributed by atoms with E-state index in [-0.39, 0.29) is 5.91 Å². The molecule has 1 aliphatic heterocycles. The average Bonchev–Trinajstić information content (AvgIpc) is 2.94. The molecule has 0 aromatic carbocycles. The first-order valence-corrected chi connectivity index (χ1v) is 8.73. The lowest BCUT2D eigenvalue weighted by molar-refractivity contribution is 0.0687.